The van der Waals surface area contributed by atoms with Crippen molar-refractivity contribution < 1.29 is 5.11 Å². The first-order valence-corrected chi connectivity index (χ1v) is 5.15. The van der Waals surface area contributed by atoms with E-state index in [0.717, 1.165) is 23.2 Å². The van der Waals surface area contributed by atoms with Crippen LogP contribution in [0.1, 0.15) is 32.3 Å². The number of rotatable bonds is 4. The zero-order chi connectivity index (χ0) is 11.5. The first-order valence-electron chi connectivity index (χ1n) is 5.15. The number of nitrogen functional groups attached to an aromatic ring is 1. The van der Waals surface area contributed by atoms with Gasteiger partial charge in [-0.25, -0.2) is 0 Å². The lowest BCUT2D eigenvalue weighted by molar-refractivity contribution is 0.0728. The first kappa shape index (κ1) is 11.8. The predicted octanol–water partition coefficient (Wildman–Crippen LogP) is 2.83. The lowest BCUT2D eigenvalue weighted by atomic mass is 9.95. The summed E-state index contributed by atoms with van der Waals surface area (Å²) in [6.07, 6.45) is 1.46. The van der Waals surface area contributed by atoms with E-state index in [4.69, 9.17) is 5.73 Å². The molecule has 0 radical (unpaired) electrons. The zero-order valence-corrected chi connectivity index (χ0v) is 9.46. The summed E-state index contributed by atoms with van der Waals surface area (Å²) in [6, 6.07) is 7.68. The van der Waals surface area contributed by atoms with Gasteiger partial charge in [0, 0.05) is 5.69 Å². The lowest BCUT2D eigenvalue weighted by Gasteiger charge is -2.18. The lowest BCUT2D eigenvalue weighted by Crippen LogP contribution is -2.18. The molecule has 0 aliphatic heterocycles. The minimum Gasteiger partial charge on any atom is -0.398 e. The second kappa shape index (κ2) is 4.49. The number of para-hydroxylation sites is 1. The summed E-state index contributed by atoms with van der Waals surface area (Å²) < 4.78 is 0. The molecule has 82 valence electrons. The number of nitrogens with two attached hydrogens (primary N) is 1. The van der Waals surface area contributed by atoms with E-state index in [-0.39, 0.29) is 0 Å². The smallest absolute Gasteiger partial charge is 0.0594 e. The fourth-order valence-electron chi connectivity index (χ4n) is 1.41. The summed E-state index contributed by atoms with van der Waals surface area (Å²) in [6.45, 7) is 7.60. The Labute approximate surface area is 91.4 Å². The van der Waals surface area contributed by atoms with Gasteiger partial charge in [-0.15, -0.1) is 0 Å². The predicted molar refractivity (Wildman–Crippen MR) is 65.4 cm³/mol. The number of benzene rings is 1. The molecule has 15 heavy (non-hydrogen) atoms. The molecular formula is C13H19NO. The van der Waals surface area contributed by atoms with Crippen molar-refractivity contribution >= 4 is 11.3 Å². The molecule has 0 atom stereocenters. The molecule has 0 bridgehead atoms. The van der Waals surface area contributed by atoms with Gasteiger partial charge in [0.15, 0.2) is 0 Å². The quantitative estimate of drug-likeness (QED) is 0.742. The molecule has 0 amide bonds. The van der Waals surface area contributed by atoms with Gasteiger partial charge in [0.2, 0.25) is 0 Å². The highest BCUT2D eigenvalue weighted by Crippen LogP contribution is 2.25. The SMILES string of the molecule is C=C(CCC(C)(C)O)c1ccccc1N. The third kappa shape index (κ3) is 3.76. The van der Waals surface area contributed by atoms with Crippen LogP contribution < -0.4 is 5.73 Å². The van der Waals surface area contributed by atoms with E-state index in [2.05, 4.69) is 6.58 Å². The van der Waals surface area contributed by atoms with Crippen LogP contribution in [0.25, 0.3) is 5.57 Å². The topological polar surface area (TPSA) is 46.2 Å². The molecular weight excluding hydrogens is 186 g/mol. The normalized spacial score (nSPS) is 11.4. The summed E-state index contributed by atoms with van der Waals surface area (Å²) in [5.74, 6) is 0. The van der Waals surface area contributed by atoms with Crippen molar-refractivity contribution in [3.05, 3.63) is 36.4 Å². The third-order valence-electron chi connectivity index (χ3n) is 2.38. The minimum atomic E-state index is -0.646. The third-order valence-corrected chi connectivity index (χ3v) is 2.38. The molecule has 0 saturated heterocycles. The Hall–Kier alpha value is -1.28. The Balaban J connectivity index is 2.66. The monoisotopic (exact) mass is 205 g/mol. The second-order valence-electron chi connectivity index (χ2n) is 4.50. The number of allylic oxidation sites excluding steroid dienone is 1. The summed E-state index contributed by atoms with van der Waals surface area (Å²) in [4.78, 5) is 0. The van der Waals surface area contributed by atoms with Crippen LogP contribution in [0.3, 0.4) is 0 Å². The highest BCUT2D eigenvalue weighted by atomic mass is 16.3. The van der Waals surface area contributed by atoms with Gasteiger partial charge in [-0.3, -0.25) is 0 Å². The van der Waals surface area contributed by atoms with Crippen molar-refractivity contribution in [3.63, 3.8) is 0 Å². The standard InChI is InChI=1S/C13H19NO/c1-10(8-9-13(2,3)15)11-6-4-5-7-12(11)14/h4-7,15H,1,8-9,14H2,2-3H3. The van der Waals surface area contributed by atoms with E-state index < -0.39 is 5.60 Å². The van der Waals surface area contributed by atoms with Gasteiger partial charge in [-0.2, -0.15) is 0 Å². The molecule has 0 heterocycles. The van der Waals surface area contributed by atoms with Crippen LogP contribution in [0.4, 0.5) is 5.69 Å². The number of aliphatic hydroxyl groups is 1. The van der Waals surface area contributed by atoms with Crippen LogP contribution in [0, 0.1) is 0 Å². The van der Waals surface area contributed by atoms with Crippen molar-refractivity contribution in [2.75, 3.05) is 5.73 Å². The van der Waals surface area contributed by atoms with E-state index in [1.165, 1.54) is 0 Å². The summed E-state index contributed by atoms with van der Waals surface area (Å²) in [7, 11) is 0. The maximum atomic E-state index is 9.61. The van der Waals surface area contributed by atoms with Gasteiger partial charge >= 0.3 is 0 Å². The van der Waals surface area contributed by atoms with E-state index in [0.29, 0.717) is 6.42 Å². The highest BCUT2D eigenvalue weighted by Gasteiger charge is 2.13. The molecule has 1 rings (SSSR count). The molecule has 1 aromatic rings. The molecule has 3 N–H and O–H groups in total. The fourth-order valence-corrected chi connectivity index (χ4v) is 1.41. The minimum absolute atomic E-state index is 0.646. The van der Waals surface area contributed by atoms with E-state index in [9.17, 15) is 5.11 Å². The average molecular weight is 205 g/mol. The average Bonchev–Trinajstić information content (AvgIpc) is 2.14. The maximum absolute atomic E-state index is 9.61. The van der Waals surface area contributed by atoms with Crippen molar-refractivity contribution in [1.29, 1.82) is 0 Å². The van der Waals surface area contributed by atoms with Crippen LogP contribution in [0.15, 0.2) is 30.8 Å². The summed E-state index contributed by atoms with van der Waals surface area (Å²) in [5, 5.41) is 9.61. The number of hydrogen-bond donors (Lipinski definition) is 2. The van der Waals surface area contributed by atoms with Crippen LogP contribution in [0.2, 0.25) is 0 Å². The molecule has 0 aliphatic rings. The molecule has 0 spiro atoms. The van der Waals surface area contributed by atoms with Crippen molar-refractivity contribution in [2.45, 2.75) is 32.3 Å². The molecule has 1 aromatic carbocycles. The van der Waals surface area contributed by atoms with Crippen LogP contribution in [0.5, 0.6) is 0 Å². The zero-order valence-electron chi connectivity index (χ0n) is 9.46. The fraction of sp³-hybridized carbons (Fsp3) is 0.385. The summed E-state index contributed by atoms with van der Waals surface area (Å²) >= 11 is 0. The van der Waals surface area contributed by atoms with E-state index in [1.807, 2.05) is 24.3 Å². The Kier molecular flexibility index (Phi) is 3.53. The molecule has 2 nitrogen and oxygen atoms in total. The van der Waals surface area contributed by atoms with E-state index >= 15 is 0 Å². The number of hydrogen-bond acceptors (Lipinski definition) is 2. The second-order valence-corrected chi connectivity index (χ2v) is 4.50. The van der Waals surface area contributed by atoms with Gasteiger partial charge in [-0.1, -0.05) is 24.8 Å². The maximum Gasteiger partial charge on any atom is 0.0594 e. The Morgan fingerprint density at radius 1 is 1.40 bits per heavy atom. The Morgan fingerprint density at radius 3 is 2.53 bits per heavy atom. The van der Waals surface area contributed by atoms with Crippen LogP contribution in [-0.2, 0) is 0 Å². The van der Waals surface area contributed by atoms with E-state index in [1.54, 1.807) is 13.8 Å². The van der Waals surface area contributed by atoms with Gasteiger partial charge in [0.05, 0.1) is 5.60 Å². The Morgan fingerprint density at radius 2 is 2.00 bits per heavy atom. The first-order chi connectivity index (χ1) is 6.90. The molecule has 0 aromatic heterocycles. The van der Waals surface area contributed by atoms with Gasteiger partial charge in [0.1, 0.15) is 0 Å². The number of anilines is 1. The van der Waals surface area contributed by atoms with Gasteiger partial charge < -0.3 is 10.8 Å². The largest absolute Gasteiger partial charge is 0.398 e. The molecule has 0 aliphatic carbocycles. The van der Waals surface area contributed by atoms with Crippen LogP contribution >= 0.6 is 0 Å². The summed E-state index contributed by atoms with van der Waals surface area (Å²) in [5.41, 5.74) is 7.91. The van der Waals surface area contributed by atoms with Gasteiger partial charge in [-0.05, 0) is 43.9 Å². The highest BCUT2D eigenvalue weighted by molar-refractivity contribution is 5.73. The molecule has 2 heteroatoms. The van der Waals surface area contributed by atoms with Gasteiger partial charge in [0.25, 0.3) is 0 Å². The van der Waals surface area contributed by atoms with Crippen molar-refractivity contribution in [2.24, 2.45) is 0 Å². The van der Waals surface area contributed by atoms with Crippen LogP contribution in [-0.4, -0.2) is 10.7 Å². The van der Waals surface area contributed by atoms with Crippen molar-refractivity contribution in [1.82, 2.24) is 0 Å². The molecule has 0 saturated carbocycles. The Bertz CT molecular complexity index is 350. The molecule has 0 fully saturated rings. The molecule has 0 unspecified atom stereocenters. The van der Waals surface area contributed by atoms with Crippen molar-refractivity contribution in [3.8, 4) is 0 Å².